The number of aromatic nitrogens is 1. The molecule has 3 aromatic carbocycles. The second-order valence-electron chi connectivity index (χ2n) is 9.73. The lowest BCUT2D eigenvalue weighted by Crippen LogP contribution is -2.37. The Kier molecular flexibility index (Phi) is 3.93. The van der Waals surface area contributed by atoms with Gasteiger partial charge in [-0.1, -0.05) is 48.6 Å². The lowest BCUT2D eigenvalue weighted by Gasteiger charge is -2.17. The molecule has 0 fully saturated rings. The van der Waals surface area contributed by atoms with Gasteiger partial charge in [0.05, 0.1) is 19.2 Å². The number of pyridine rings is 1. The number of nitrogens with zero attached hydrogens (tertiary/aromatic N) is 1. The van der Waals surface area contributed by atoms with Gasteiger partial charge in [-0.2, -0.15) is 0 Å². The molecule has 164 valence electrons. The molecule has 0 saturated carbocycles. The molecule has 0 aliphatic carbocycles. The molecule has 33 heavy (non-hydrogen) atoms. The third-order valence-electron chi connectivity index (χ3n) is 7.04. The van der Waals surface area contributed by atoms with Crippen molar-refractivity contribution in [2.75, 3.05) is 0 Å². The zero-order valence-electron chi connectivity index (χ0n) is 21.3. The van der Waals surface area contributed by atoms with Crippen molar-refractivity contribution >= 4 is 35.2 Å². The monoisotopic (exact) mass is 454 g/mol. The quantitative estimate of drug-likeness (QED) is 0.215. The maximum Gasteiger partial charge on any atom is 0.216 e. The Morgan fingerprint density at radius 1 is 0.970 bits per heavy atom. The van der Waals surface area contributed by atoms with E-state index >= 15 is 4.39 Å². The van der Waals surface area contributed by atoms with Crippen molar-refractivity contribution in [3.05, 3.63) is 83.8 Å². The van der Waals surface area contributed by atoms with E-state index in [4.69, 9.17) is 7.16 Å². The molecule has 1 aliphatic heterocycles. The van der Waals surface area contributed by atoms with Gasteiger partial charge in [-0.25, -0.2) is 8.96 Å². The van der Waals surface area contributed by atoms with Crippen LogP contribution in [0.3, 0.4) is 0 Å². The normalized spacial score (nSPS) is 17.2. The smallest absolute Gasteiger partial charge is 0.216 e. The summed E-state index contributed by atoms with van der Waals surface area (Å²) in [6.45, 7) is 6.44. The number of furan rings is 1. The van der Waals surface area contributed by atoms with Crippen molar-refractivity contribution < 1.29 is 16.1 Å². The second kappa shape index (κ2) is 7.13. The van der Waals surface area contributed by atoms with Crippen molar-refractivity contribution in [3.8, 4) is 22.4 Å². The van der Waals surface area contributed by atoms with E-state index in [1.54, 1.807) is 6.07 Å². The minimum absolute atomic E-state index is 0.333. The first-order valence-electron chi connectivity index (χ1n) is 12.3. The number of benzene rings is 3. The molecule has 5 aromatic rings. The van der Waals surface area contributed by atoms with E-state index in [-0.39, 0.29) is 5.82 Å². The van der Waals surface area contributed by atoms with E-state index < -0.39 is 14.4 Å². The molecule has 2 nitrogen and oxygen atoms in total. The Morgan fingerprint density at radius 3 is 2.52 bits per heavy atom. The van der Waals surface area contributed by atoms with Crippen LogP contribution in [0, 0.1) is 12.7 Å². The van der Waals surface area contributed by atoms with Gasteiger partial charge in [-0.05, 0) is 54.2 Å². The maximum absolute atomic E-state index is 15.5. The molecule has 6 rings (SSSR count). The van der Waals surface area contributed by atoms with Gasteiger partial charge in [-0.3, -0.25) is 0 Å². The molecule has 0 atom stereocenters. The van der Waals surface area contributed by atoms with Gasteiger partial charge in [0.2, 0.25) is 5.69 Å². The molecule has 0 N–H and O–H groups in total. The first-order chi connectivity index (χ1) is 16.6. The van der Waals surface area contributed by atoms with Crippen molar-refractivity contribution in [2.24, 2.45) is 7.05 Å². The van der Waals surface area contributed by atoms with Gasteiger partial charge in [0.15, 0.2) is 6.20 Å². The van der Waals surface area contributed by atoms with E-state index in [0.29, 0.717) is 17.2 Å². The molecule has 0 amide bonds. The van der Waals surface area contributed by atoms with Crippen LogP contribution in [0.1, 0.15) is 13.9 Å². The maximum atomic E-state index is 15.5. The first kappa shape index (κ1) is 18.2. The molecule has 0 bridgehead atoms. The summed E-state index contributed by atoms with van der Waals surface area (Å²) >= 11 is 0. The molecular weight excluding hydrogens is 425 g/mol. The molecule has 2 aromatic heterocycles. The minimum atomic E-state index is -1.97. The van der Waals surface area contributed by atoms with Crippen molar-refractivity contribution in [1.29, 1.82) is 0 Å². The summed E-state index contributed by atoms with van der Waals surface area (Å²) in [6.07, 6.45) is 0.682. The zero-order chi connectivity index (χ0) is 24.7. The summed E-state index contributed by atoms with van der Waals surface area (Å²) in [6, 6.07) is 19.8. The molecule has 0 spiro atoms. The Balaban J connectivity index is 1.66. The number of rotatable bonds is 2. The van der Waals surface area contributed by atoms with E-state index in [1.165, 1.54) is 6.07 Å². The van der Waals surface area contributed by atoms with Crippen molar-refractivity contribution in [3.63, 3.8) is 0 Å². The third kappa shape index (κ3) is 3.01. The van der Waals surface area contributed by atoms with Gasteiger partial charge in [0.25, 0.3) is 0 Å². The highest BCUT2D eigenvalue weighted by atomic mass is 28.3. The average Bonchev–Trinajstić information content (AvgIpc) is 3.25. The minimum Gasteiger partial charge on any atom is -0.454 e. The van der Waals surface area contributed by atoms with Crippen LogP contribution in [0.4, 0.5) is 4.39 Å². The fourth-order valence-corrected chi connectivity index (χ4v) is 7.44. The predicted octanol–water partition coefficient (Wildman–Crippen LogP) is 6.66. The average molecular weight is 455 g/mol. The van der Waals surface area contributed by atoms with Crippen molar-refractivity contribution in [1.82, 2.24) is 0 Å². The fraction of sp³-hybridized carbons (Fsp3) is 0.207. The van der Waals surface area contributed by atoms with Crippen LogP contribution in [0.2, 0.25) is 19.1 Å². The molecular formula is C29H27FNOSi+. The Bertz CT molecular complexity index is 1670. The van der Waals surface area contributed by atoms with Crippen LogP contribution in [-0.2, 0) is 13.4 Å². The van der Waals surface area contributed by atoms with Gasteiger partial charge in [-0.15, -0.1) is 0 Å². The zero-order valence-corrected chi connectivity index (χ0v) is 20.3. The lowest BCUT2D eigenvalue weighted by atomic mass is 9.98. The summed E-state index contributed by atoms with van der Waals surface area (Å²) in [5, 5.41) is 2.90. The summed E-state index contributed by atoms with van der Waals surface area (Å²) in [5.74, 6) is -0.333. The lowest BCUT2D eigenvalue weighted by molar-refractivity contribution is -0.660. The van der Waals surface area contributed by atoms with Gasteiger partial charge in [0, 0.05) is 25.6 Å². The number of aryl methyl sites for hydroxylation is 3. The second-order valence-corrected chi connectivity index (χ2v) is 14.4. The Morgan fingerprint density at radius 2 is 1.73 bits per heavy atom. The van der Waals surface area contributed by atoms with E-state index in [2.05, 4.69) is 42.8 Å². The summed E-state index contributed by atoms with van der Waals surface area (Å²) < 4.78 is 41.1. The summed E-state index contributed by atoms with van der Waals surface area (Å²) in [5.41, 5.74) is 6.35. The molecule has 0 unspecified atom stereocenters. The van der Waals surface area contributed by atoms with E-state index in [1.807, 2.05) is 43.6 Å². The van der Waals surface area contributed by atoms with Gasteiger partial charge < -0.3 is 4.42 Å². The van der Waals surface area contributed by atoms with Gasteiger partial charge >= 0.3 is 0 Å². The SMILES string of the molecule is [2H]C1([2H])C[Si](C)(C)c2cc(-c3c(F)ccc4c3oc3c(-c5cccc[n+]5C)c(C)ccc34)ccc21. The highest BCUT2D eigenvalue weighted by Crippen LogP contribution is 2.41. The van der Waals surface area contributed by atoms with E-state index in [9.17, 15) is 0 Å². The number of hydrogen-bond donors (Lipinski definition) is 0. The van der Waals surface area contributed by atoms with Crippen LogP contribution in [0.5, 0.6) is 0 Å². The third-order valence-corrected chi connectivity index (χ3v) is 9.97. The summed E-state index contributed by atoms with van der Waals surface area (Å²) in [4.78, 5) is 0. The predicted molar refractivity (Wildman–Crippen MR) is 136 cm³/mol. The van der Waals surface area contributed by atoms with Crippen LogP contribution >= 0.6 is 0 Å². The number of halogens is 1. The molecule has 3 heterocycles. The van der Waals surface area contributed by atoms with Gasteiger partial charge in [0.1, 0.15) is 24.0 Å². The van der Waals surface area contributed by atoms with Crippen LogP contribution in [0.15, 0.2) is 71.3 Å². The fourth-order valence-electron chi connectivity index (χ4n) is 5.17. The highest BCUT2D eigenvalue weighted by molar-refractivity contribution is 6.91. The van der Waals surface area contributed by atoms with E-state index in [0.717, 1.165) is 49.5 Å². The standard InChI is InChI=1S/C29H27FNOSi/c1-18-8-11-21-22-12-13-23(30)27(20-10-9-19-14-16-33(3,4)25(19)17-20)29(22)32-28(21)26(18)24-7-5-6-15-31(24)2/h5-13,15,17H,14,16H2,1-4H3/q+1/i14D2. The molecule has 0 saturated heterocycles. The topological polar surface area (TPSA) is 17.0 Å². The van der Waals surface area contributed by atoms with Crippen LogP contribution in [0.25, 0.3) is 44.3 Å². The molecule has 0 radical (unpaired) electrons. The molecule has 4 heteroatoms. The molecule has 1 aliphatic rings. The number of fused-ring (bicyclic) bond motifs is 4. The van der Waals surface area contributed by atoms with Crippen LogP contribution in [-0.4, -0.2) is 8.07 Å². The first-order valence-corrected chi connectivity index (χ1v) is 14.5. The largest absolute Gasteiger partial charge is 0.454 e. The Labute approximate surface area is 197 Å². The summed E-state index contributed by atoms with van der Waals surface area (Å²) in [7, 11) is 0.0353. The Hall–Kier alpha value is -3.24. The number of hydrogen-bond acceptors (Lipinski definition) is 1. The van der Waals surface area contributed by atoms with Crippen molar-refractivity contribution in [2.45, 2.75) is 32.4 Å². The van der Waals surface area contributed by atoms with Crippen LogP contribution < -0.4 is 9.75 Å². The highest BCUT2D eigenvalue weighted by Gasteiger charge is 2.32.